The second-order valence-electron chi connectivity index (χ2n) is 4.43. The molecule has 0 saturated carbocycles. The normalized spacial score (nSPS) is 15.3. The van der Waals surface area contributed by atoms with E-state index < -0.39 is 18.3 Å². The molecule has 1 aliphatic rings. The van der Waals surface area contributed by atoms with Gasteiger partial charge in [0.1, 0.15) is 6.61 Å². The second kappa shape index (κ2) is 6.19. The summed E-state index contributed by atoms with van der Waals surface area (Å²) in [6.45, 7) is 0.713. The number of rotatable bonds is 2. The molecule has 1 heterocycles. The molecule has 1 N–H and O–H groups in total. The molecule has 1 aliphatic heterocycles. The van der Waals surface area contributed by atoms with E-state index in [4.69, 9.17) is 16.7 Å². The van der Waals surface area contributed by atoms with Crippen LogP contribution in [-0.4, -0.2) is 59.5 Å². The molecule has 0 spiro atoms. The molecule has 20 heavy (non-hydrogen) atoms. The topological polar surface area (TPSA) is 60.9 Å². The zero-order valence-corrected chi connectivity index (χ0v) is 11.4. The number of hydrogen-bond donors (Lipinski definition) is 1. The Labute approximate surface area is 120 Å². The lowest BCUT2D eigenvalue weighted by Crippen LogP contribution is -2.51. The number of halogens is 2. The van der Waals surface area contributed by atoms with Gasteiger partial charge in [-0.3, -0.25) is 9.59 Å². The van der Waals surface area contributed by atoms with Crippen molar-refractivity contribution in [1.29, 1.82) is 0 Å². The first-order valence-corrected chi connectivity index (χ1v) is 6.54. The molecule has 0 aliphatic carbocycles. The summed E-state index contributed by atoms with van der Waals surface area (Å²) in [5.74, 6) is -1.54. The van der Waals surface area contributed by atoms with Crippen LogP contribution in [0.25, 0.3) is 0 Å². The molecule has 0 radical (unpaired) electrons. The maximum Gasteiger partial charge on any atom is 0.257 e. The zero-order chi connectivity index (χ0) is 14.7. The molecule has 0 aromatic heterocycles. The average Bonchev–Trinajstić information content (AvgIpc) is 2.48. The quantitative estimate of drug-likeness (QED) is 0.877. The number of aliphatic hydroxyl groups excluding tert-OH is 1. The van der Waals surface area contributed by atoms with Gasteiger partial charge in [0, 0.05) is 26.2 Å². The maximum absolute atomic E-state index is 13.8. The van der Waals surface area contributed by atoms with Crippen LogP contribution in [0.15, 0.2) is 18.2 Å². The monoisotopic (exact) mass is 300 g/mol. The number of aliphatic hydroxyl groups is 1. The van der Waals surface area contributed by atoms with E-state index in [1.165, 1.54) is 28.0 Å². The molecule has 1 fully saturated rings. The highest BCUT2D eigenvalue weighted by atomic mass is 35.5. The van der Waals surface area contributed by atoms with Crippen LogP contribution < -0.4 is 0 Å². The van der Waals surface area contributed by atoms with Crippen LogP contribution in [-0.2, 0) is 4.79 Å². The Balaban J connectivity index is 2.05. The van der Waals surface area contributed by atoms with Crippen LogP contribution in [0.5, 0.6) is 0 Å². The number of amides is 2. The Bertz CT molecular complexity index is 530. The van der Waals surface area contributed by atoms with E-state index in [-0.39, 0.29) is 16.5 Å². The van der Waals surface area contributed by atoms with Gasteiger partial charge < -0.3 is 14.9 Å². The van der Waals surface area contributed by atoms with Crippen molar-refractivity contribution in [3.05, 3.63) is 34.6 Å². The van der Waals surface area contributed by atoms with E-state index in [1.807, 2.05) is 0 Å². The Morgan fingerprint density at radius 1 is 1.20 bits per heavy atom. The first-order valence-electron chi connectivity index (χ1n) is 6.16. The number of benzene rings is 1. The molecule has 1 aromatic carbocycles. The van der Waals surface area contributed by atoms with Crippen molar-refractivity contribution in [2.75, 3.05) is 32.8 Å². The molecule has 0 bridgehead atoms. The minimum atomic E-state index is -0.729. The summed E-state index contributed by atoms with van der Waals surface area (Å²) in [5, 5.41) is 8.68. The third-order valence-corrected chi connectivity index (χ3v) is 3.53. The van der Waals surface area contributed by atoms with Crippen LogP contribution in [0.3, 0.4) is 0 Å². The molecular weight excluding hydrogens is 287 g/mol. The van der Waals surface area contributed by atoms with Crippen molar-refractivity contribution in [2.45, 2.75) is 0 Å². The summed E-state index contributed by atoms with van der Waals surface area (Å²) in [6, 6.07) is 4.28. The van der Waals surface area contributed by atoms with E-state index in [0.717, 1.165) is 0 Å². The SMILES string of the molecule is O=C(CO)N1CCN(C(=O)c2cccc(Cl)c2F)CC1. The predicted molar refractivity (Wildman–Crippen MR) is 71.0 cm³/mol. The minimum absolute atomic E-state index is 0.0700. The van der Waals surface area contributed by atoms with Crippen LogP contribution in [0.2, 0.25) is 5.02 Å². The van der Waals surface area contributed by atoms with Gasteiger partial charge in [-0.05, 0) is 12.1 Å². The van der Waals surface area contributed by atoms with E-state index in [9.17, 15) is 14.0 Å². The Morgan fingerprint density at radius 3 is 2.40 bits per heavy atom. The lowest BCUT2D eigenvalue weighted by molar-refractivity contribution is -0.135. The third kappa shape index (κ3) is 2.91. The number of hydrogen-bond acceptors (Lipinski definition) is 3. The van der Waals surface area contributed by atoms with Crippen molar-refractivity contribution in [3.8, 4) is 0 Å². The lowest BCUT2D eigenvalue weighted by atomic mass is 10.1. The number of carbonyl (C=O) groups is 2. The number of piperazine rings is 1. The Morgan fingerprint density at radius 2 is 1.80 bits per heavy atom. The number of nitrogens with zero attached hydrogens (tertiary/aromatic N) is 2. The zero-order valence-electron chi connectivity index (χ0n) is 10.7. The van der Waals surface area contributed by atoms with Crippen molar-refractivity contribution in [2.24, 2.45) is 0 Å². The van der Waals surface area contributed by atoms with Crippen molar-refractivity contribution in [1.82, 2.24) is 9.80 Å². The standard InChI is InChI=1S/C13H14ClFN2O3/c14-10-3-1-2-9(12(10)15)13(20)17-6-4-16(5-7-17)11(19)8-18/h1-3,18H,4-8H2. The van der Waals surface area contributed by atoms with E-state index >= 15 is 0 Å². The fourth-order valence-electron chi connectivity index (χ4n) is 2.10. The molecule has 0 unspecified atom stereocenters. The van der Waals surface area contributed by atoms with Gasteiger partial charge in [-0.25, -0.2) is 4.39 Å². The van der Waals surface area contributed by atoms with Crippen molar-refractivity contribution >= 4 is 23.4 Å². The summed E-state index contributed by atoms with van der Waals surface area (Å²) < 4.78 is 13.8. The first kappa shape index (κ1) is 14.7. The molecule has 0 atom stereocenters. The lowest BCUT2D eigenvalue weighted by Gasteiger charge is -2.34. The van der Waals surface area contributed by atoms with Crippen molar-refractivity contribution in [3.63, 3.8) is 0 Å². The highest BCUT2D eigenvalue weighted by molar-refractivity contribution is 6.31. The third-order valence-electron chi connectivity index (χ3n) is 3.24. The van der Waals surface area contributed by atoms with Gasteiger partial charge in [0.05, 0.1) is 10.6 Å². The molecule has 7 heteroatoms. The van der Waals surface area contributed by atoms with Gasteiger partial charge in [-0.1, -0.05) is 17.7 Å². The van der Waals surface area contributed by atoms with E-state index in [1.54, 1.807) is 0 Å². The van der Waals surface area contributed by atoms with Crippen molar-refractivity contribution < 1.29 is 19.1 Å². The molecule has 1 aromatic rings. The largest absolute Gasteiger partial charge is 0.387 e. The van der Waals surface area contributed by atoms with E-state index in [0.29, 0.717) is 26.2 Å². The second-order valence-corrected chi connectivity index (χ2v) is 4.84. The molecule has 2 amide bonds. The number of carbonyl (C=O) groups excluding carboxylic acids is 2. The smallest absolute Gasteiger partial charge is 0.257 e. The van der Waals surface area contributed by atoms with Crippen LogP contribution in [0.1, 0.15) is 10.4 Å². The molecule has 1 saturated heterocycles. The molecule has 108 valence electrons. The van der Waals surface area contributed by atoms with Gasteiger partial charge in [0.25, 0.3) is 5.91 Å². The van der Waals surface area contributed by atoms with Crippen LogP contribution in [0, 0.1) is 5.82 Å². The predicted octanol–water partition coefficient (Wildman–Crippen LogP) is 0.756. The van der Waals surface area contributed by atoms with E-state index in [2.05, 4.69) is 0 Å². The highest BCUT2D eigenvalue weighted by Crippen LogP contribution is 2.19. The first-order chi connectivity index (χ1) is 9.54. The Hall–Kier alpha value is -1.66. The molecular formula is C13H14ClFN2O3. The highest BCUT2D eigenvalue weighted by Gasteiger charge is 2.26. The minimum Gasteiger partial charge on any atom is -0.387 e. The summed E-state index contributed by atoms with van der Waals surface area (Å²) in [7, 11) is 0. The van der Waals surface area contributed by atoms with Gasteiger partial charge in [0.2, 0.25) is 5.91 Å². The molecule has 5 nitrogen and oxygen atoms in total. The van der Waals surface area contributed by atoms with Crippen LogP contribution >= 0.6 is 11.6 Å². The summed E-state index contributed by atoms with van der Waals surface area (Å²) in [6.07, 6.45) is 0. The average molecular weight is 301 g/mol. The van der Waals surface area contributed by atoms with Crippen LogP contribution in [0.4, 0.5) is 4.39 Å². The summed E-state index contributed by atoms with van der Waals surface area (Å²) >= 11 is 5.65. The van der Waals surface area contributed by atoms with Gasteiger partial charge >= 0.3 is 0 Å². The summed E-state index contributed by atoms with van der Waals surface area (Å²) in [5.41, 5.74) is -0.0700. The fourth-order valence-corrected chi connectivity index (χ4v) is 2.27. The van der Waals surface area contributed by atoms with Gasteiger partial charge in [-0.2, -0.15) is 0 Å². The Kier molecular flexibility index (Phi) is 4.57. The summed E-state index contributed by atoms with van der Waals surface area (Å²) in [4.78, 5) is 26.4. The van der Waals surface area contributed by atoms with Gasteiger partial charge in [-0.15, -0.1) is 0 Å². The maximum atomic E-state index is 13.8. The molecule has 2 rings (SSSR count). The van der Waals surface area contributed by atoms with Gasteiger partial charge in [0.15, 0.2) is 5.82 Å². The fraction of sp³-hybridized carbons (Fsp3) is 0.385.